The molecule has 1 heteroatoms. The van der Waals surface area contributed by atoms with Crippen LogP contribution < -0.4 is 5.43 Å². The van der Waals surface area contributed by atoms with E-state index in [0.29, 0.717) is 5.92 Å². The van der Waals surface area contributed by atoms with Crippen molar-refractivity contribution in [1.82, 2.24) is 0 Å². The molecule has 0 saturated heterocycles. The average Bonchev–Trinajstić information content (AvgIpc) is 2.29. The van der Waals surface area contributed by atoms with Crippen LogP contribution in [0.5, 0.6) is 0 Å². The molecule has 0 radical (unpaired) electrons. The summed E-state index contributed by atoms with van der Waals surface area (Å²) in [4.78, 5) is 11.8. The van der Waals surface area contributed by atoms with Gasteiger partial charge in [-0.3, -0.25) is 4.79 Å². The van der Waals surface area contributed by atoms with Crippen LogP contribution in [0.15, 0.2) is 29.1 Å². The van der Waals surface area contributed by atoms with Crippen LogP contribution in [-0.4, -0.2) is 0 Å². The molecule has 0 aliphatic heterocycles. The molecule has 1 rings (SSSR count). The molecule has 1 aromatic rings. The van der Waals surface area contributed by atoms with E-state index >= 15 is 0 Å². The first-order valence-corrected chi connectivity index (χ1v) is 4.76. The SMILES string of the molecule is CC[C@@H](C)c1ccccc(C)c1=O. The topological polar surface area (TPSA) is 17.1 Å². The van der Waals surface area contributed by atoms with Crippen molar-refractivity contribution in [3.8, 4) is 0 Å². The fourth-order valence-corrected chi connectivity index (χ4v) is 1.35. The summed E-state index contributed by atoms with van der Waals surface area (Å²) in [5.41, 5.74) is 1.96. The Hall–Kier alpha value is -1.11. The Morgan fingerprint density at radius 1 is 1.31 bits per heavy atom. The second kappa shape index (κ2) is 4.22. The van der Waals surface area contributed by atoms with Crippen molar-refractivity contribution in [2.45, 2.75) is 33.1 Å². The van der Waals surface area contributed by atoms with Crippen LogP contribution >= 0.6 is 0 Å². The van der Waals surface area contributed by atoms with Crippen LogP contribution in [-0.2, 0) is 0 Å². The summed E-state index contributed by atoms with van der Waals surface area (Å²) in [7, 11) is 0. The normalized spacial score (nSPS) is 12.5. The third-order valence-corrected chi connectivity index (χ3v) is 2.50. The highest BCUT2D eigenvalue weighted by molar-refractivity contribution is 5.23. The van der Waals surface area contributed by atoms with Gasteiger partial charge >= 0.3 is 0 Å². The van der Waals surface area contributed by atoms with Gasteiger partial charge in [-0.15, -0.1) is 0 Å². The van der Waals surface area contributed by atoms with Crippen LogP contribution in [0.4, 0.5) is 0 Å². The van der Waals surface area contributed by atoms with Gasteiger partial charge in [0.2, 0.25) is 0 Å². The lowest BCUT2D eigenvalue weighted by molar-refractivity contribution is 0.728. The van der Waals surface area contributed by atoms with E-state index in [4.69, 9.17) is 0 Å². The molecule has 0 aromatic heterocycles. The summed E-state index contributed by atoms with van der Waals surface area (Å²) in [5.74, 6) is 0.360. The molecule has 0 bridgehead atoms. The van der Waals surface area contributed by atoms with Gasteiger partial charge in [0.05, 0.1) is 0 Å². The van der Waals surface area contributed by atoms with E-state index in [-0.39, 0.29) is 5.43 Å². The third kappa shape index (κ3) is 2.18. The predicted octanol–water partition coefficient (Wildman–Crippen LogP) is 2.87. The number of hydrogen-bond acceptors (Lipinski definition) is 1. The van der Waals surface area contributed by atoms with E-state index in [1.807, 2.05) is 31.2 Å². The molecule has 0 heterocycles. The molecular weight excluding hydrogens is 160 g/mol. The molecule has 0 aliphatic carbocycles. The van der Waals surface area contributed by atoms with Gasteiger partial charge in [0.25, 0.3) is 0 Å². The second-order valence-corrected chi connectivity index (χ2v) is 3.50. The van der Waals surface area contributed by atoms with Crippen LogP contribution in [0.2, 0.25) is 0 Å². The minimum Gasteiger partial charge on any atom is -0.289 e. The fraction of sp³-hybridized carbons (Fsp3) is 0.417. The van der Waals surface area contributed by atoms with E-state index < -0.39 is 0 Å². The van der Waals surface area contributed by atoms with E-state index in [2.05, 4.69) is 13.8 Å². The Morgan fingerprint density at radius 3 is 2.54 bits per heavy atom. The highest BCUT2D eigenvalue weighted by Gasteiger charge is 2.06. The van der Waals surface area contributed by atoms with Crippen LogP contribution in [0.1, 0.15) is 37.3 Å². The molecule has 0 amide bonds. The monoisotopic (exact) mass is 176 g/mol. The van der Waals surface area contributed by atoms with Gasteiger partial charge in [0.1, 0.15) is 0 Å². The zero-order valence-corrected chi connectivity index (χ0v) is 8.50. The summed E-state index contributed by atoms with van der Waals surface area (Å²) < 4.78 is 0. The second-order valence-electron chi connectivity index (χ2n) is 3.50. The Morgan fingerprint density at radius 2 is 1.92 bits per heavy atom. The first-order valence-electron chi connectivity index (χ1n) is 4.76. The first-order chi connectivity index (χ1) is 6.16. The van der Waals surface area contributed by atoms with Gasteiger partial charge in [-0.2, -0.15) is 0 Å². The van der Waals surface area contributed by atoms with Gasteiger partial charge in [-0.05, 0) is 24.8 Å². The molecule has 70 valence electrons. The first kappa shape index (κ1) is 9.97. The van der Waals surface area contributed by atoms with Gasteiger partial charge in [0, 0.05) is 5.56 Å². The maximum Gasteiger partial charge on any atom is 0.184 e. The van der Waals surface area contributed by atoms with E-state index in [9.17, 15) is 4.79 Å². The number of aryl methyl sites for hydroxylation is 1. The molecule has 1 aromatic carbocycles. The summed E-state index contributed by atoms with van der Waals surface area (Å²) in [5, 5.41) is 0. The molecular formula is C12H16O. The zero-order valence-electron chi connectivity index (χ0n) is 8.50. The minimum atomic E-state index is 0.194. The predicted molar refractivity (Wildman–Crippen MR) is 56.2 cm³/mol. The lowest BCUT2D eigenvalue weighted by Crippen LogP contribution is -2.10. The Kier molecular flexibility index (Phi) is 3.24. The van der Waals surface area contributed by atoms with Crippen LogP contribution in [0, 0.1) is 6.92 Å². The largest absolute Gasteiger partial charge is 0.289 e. The molecule has 0 spiro atoms. The molecule has 1 nitrogen and oxygen atoms in total. The van der Waals surface area contributed by atoms with Crippen molar-refractivity contribution in [1.29, 1.82) is 0 Å². The van der Waals surface area contributed by atoms with E-state index in [1.54, 1.807) is 0 Å². The maximum absolute atomic E-state index is 11.8. The molecule has 1 atom stereocenters. The van der Waals surface area contributed by atoms with E-state index in [1.165, 1.54) is 0 Å². The molecule has 0 saturated carbocycles. The van der Waals surface area contributed by atoms with Crippen molar-refractivity contribution in [2.75, 3.05) is 0 Å². The maximum atomic E-state index is 11.8. The van der Waals surface area contributed by atoms with E-state index in [0.717, 1.165) is 17.5 Å². The molecule has 0 aliphatic rings. The Balaban J connectivity index is 3.32. The Labute approximate surface area is 79.4 Å². The van der Waals surface area contributed by atoms with Crippen molar-refractivity contribution in [2.24, 2.45) is 0 Å². The van der Waals surface area contributed by atoms with Crippen LogP contribution in [0.25, 0.3) is 0 Å². The number of hydrogen-bond donors (Lipinski definition) is 0. The standard InChI is InChI=1S/C12H16O/c1-4-9(2)11-8-6-5-7-10(3)12(11)13/h5-9H,4H2,1-3H3/t9-/m1/s1. The molecule has 13 heavy (non-hydrogen) atoms. The van der Waals surface area contributed by atoms with Gasteiger partial charge in [-0.1, -0.05) is 38.1 Å². The van der Waals surface area contributed by atoms with Gasteiger partial charge in [0.15, 0.2) is 5.43 Å². The minimum absolute atomic E-state index is 0.194. The Bertz CT molecular complexity index is 341. The molecule has 0 unspecified atom stereocenters. The smallest absolute Gasteiger partial charge is 0.184 e. The summed E-state index contributed by atoms with van der Waals surface area (Å²) in [6.07, 6.45) is 1.01. The average molecular weight is 176 g/mol. The summed E-state index contributed by atoms with van der Waals surface area (Å²) in [6, 6.07) is 7.66. The molecule has 0 N–H and O–H groups in total. The summed E-state index contributed by atoms with van der Waals surface area (Å²) in [6.45, 7) is 6.07. The van der Waals surface area contributed by atoms with Gasteiger partial charge < -0.3 is 0 Å². The fourth-order valence-electron chi connectivity index (χ4n) is 1.35. The third-order valence-electron chi connectivity index (χ3n) is 2.50. The highest BCUT2D eigenvalue weighted by Crippen LogP contribution is 2.13. The van der Waals surface area contributed by atoms with Crippen molar-refractivity contribution < 1.29 is 0 Å². The number of rotatable bonds is 2. The van der Waals surface area contributed by atoms with Crippen LogP contribution in [0.3, 0.4) is 0 Å². The zero-order chi connectivity index (χ0) is 9.84. The lowest BCUT2D eigenvalue weighted by atomic mass is 9.99. The quantitative estimate of drug-likeness (QED) is 0.677. The molecule has 0 fully saturated rings. The lowest BCUT2D eigenvalue weighted by Gasteiger charge is -2.04. The highest BCUT2D eigenvalue weighted by atomic mass is 16.1. The van der Waals surface area contributed by atoms with Gasteiger partial charge in [-0.25, -0.2) is 0 Å². The van der Waals surface area contributed by atoms with Crippen molar-refractivity contribution >= 4 is 0 Å². The van der Waals surface area contributed by atoms with Crippen molar-refractivity contribution in [3.63, 3.8) is 0 Å². The summed E-state index contributed by atoms with van der Waals surface area (Å²) >= 11 is 0. The van der Waals surface area contributed by atoms with Crippen molar-refractivity contribution in [3.05, 3.63) is 45.6 Å².